The van der Waals surface area contributed by atoms with Gasteiger partial charge in [-0.3, -0.25) is 24.1 Å². The van der Waals surface area contributed by atoms with Crippen LogP contribution in [-0.2, 0) is 16.4 Å². The summed E-state index contributed by atoms with van der Waals surface area (Å²) >= 11 is 1.46. The standard InChI is InChI=1S/C29H30N6O5S2.ClH/c36-28(22-7-10-24(11-8-22)42(39,40)34-14-3-5-21-4-1-2-6-26(21)34)30-13-15-32-16-18-33(19-17-32)29-31-25-12-9-23(35(37)38)20-27(25)41-29;/h1-2,4,6-12,20H,3,5,13-19H2,(H,30,36);1H. The second-order valence-electron chi connectivity index (χ2n) is 10.3. The van der Waals surface area contributed by atoms with Crippen molar-refractivity contribution in [1.82, 2.24) is 15.2 Å². The van der Waals surface area contributed by atoms with Crippen molar-refractivity contribution < 1.29 is 18.1 Å². The Balaban J connectivity index is 0.00000368. The van der Waals surface area contributed by atoms with Crippen LogP contribution in [0, 0.1) is 10.1 Å². The Hall–Kier alpha value is -3.78. The molecule has 0 aliphatic carbocycles. The van der Waals surface area contributed by atoms with Gasteiger partial charge < -0.3 is 10.2 Å². The van der Waals surface area contributed by atoms with Crippen LogP contribution >= 0.6 is 23.7 Å². The Morgan fingerprint density at radius 1 is 1.00 bits per heavy atom. The number of rotatable bonds is 8. The summed E-state index contributed by atoms with van der Waals surface area (Å²) in [6.45, 7) is 4.73. The van der Waals surface area contributed by atoms with E-state index in [2.05, 4.69) is 20.1 Å². The highest BCUT2D eigenvalue weighted by molar-refractivity contribution is 7.92. The molecule has 0 saturated carbocycles. The molecule has 0 unspecified atom stereocenters. The number of hydrogen-bond donors (Lipinski definition) is 1. The minimum absolute atomic E-state index is 0. The predicted molar refractivity (Wildman–Crippen MR) is 170 cm³/mol. The van der Waals surface area contributed by atoms with E-state index in [0.29, 0.717) is 25.2 Å². The number of nitrogens with zero attached hydrogens (tertiary/aromatic N) is 5. The van der Waals surface area contributed by atoms with Crippen LogP contribution in [0.15, 0.2) is 71.6 Å². The van der Waals surface area contributed by atoms with E-state index >= 15 is 0 Å². The number of carbonyl (C=O) groups is 1. The van der Waals surface area contributed by atoms with Crippen LogP contribution in [-0.4, -0.2) is 74.9 Å². The van der Waals surface area contributed by atoms with Gasteiger partial charge in [-0.05, 0) is 54.8 Å². The van der Waals surface area contributed by atoms with Crippen molar-refractivity contribution in [2.45, 2.75) is 17.7 Å². The number of amides is 1. The number of non-ortho nitro benzene ring substituents is 1. The number of aryl methyl sites for hydroxylation is 1. The predicted octanol–water partition coefficient (Wildman–Crippen LogP) is 4.32. The number of sulfonamides is 1. The molecule has 14 heteroatoms. The van der Waals surface area contributed by atoms with E-state index in [9.17, 15) is 23.3 Å². The summed E-state index contributed by atoms with van der Waals surface area (Å²) in [6.07, 6.45) is 1.62. The summed E-state index contributed by atoms with van der Waals surface area (Å²) in [5.41, 5.74) is 2.98. The molecular formula is C29H31ClN6O5S2. The minimum Gasteiger partial charge on any atom is -0.351 e. The number of piperazine rings is 1. The van der Waals surface area contributed by atoms with Crippen molar-refractivity contribution in [3.63, 3.8) is 0 Å². The van der Waals surface area contributed by atoms with Gasteiger partial charge in [0.2, 0.25) is 0 Å². The molecule has 6 rings (SSSR count). The molecule has 1 saturated heterocycles. The summed E-state index contributed by atoms with van der Waals surface area (Å²) in [6, 6.07) is 18.4. The fourth-order valence-corrected chi connectivity index (χ4v) is 7.99. The second-order valence-corrected chi connectivity index (χ2v) is 13.2. The van der Waals surface area contributed by atoms with Gasteiger partial charge in [-0.1, -0.05) is 29.5 Å². The highest BCUT2D eigenvalue weighted by Crippen LogP contribution is 2.33. The average molecular weight is 643 g/mol. The Morgan fingerprint density at radius 2 is 1.74 bits per heavy atom. The van der Waals surface area contributed by atoms with Gasteiger partial charge in [0, 0.05) is 63.5 Å². The van der Waals surface area contributed by atoms with Gasteiger partial charge in [-0.25, -0.2) is 13.4 Å². The van der Waals surface area contributed by atoms with E-state index in [1.807, 2.05) is 24.3 Å². The maximum Gasteiger partial charge on any atom is 0.270 e. The van der Waals surface area contributed by atoms with E-state index in [1.54, 1.807) is 24.3 Å². The van der Waals surface area contributed by atoms with Gasteiger partial charge >= 0.3 is 0 Å². The molecule has 226 valence electrons. The number of halogens is 1. The molecular weight excluding hydrogens is 612 g/mol. The highest BCUT2D eigenvalue weighted by atomic mass is 35.5. The number of hydrogen-bond acceptors (Lipinski definition) is 9. The number of para-hydroxylation sites is 1. The smallest absolute Gasteiger partial charge is 0.270 e. The molecule has 11 nitrogen and oxygen atoms in total. The molecule has 3 aromatic carbocycles. The van der Waals surface area contributed by atoms with E-state index < -0.39 is 14.9 Å². The van der Waals surface area contributed by atoms with Crippen molar-refractivity contribution in [1.29, 1.82) is 0 Å². The molecule has 43 heavy (non-hydrogen) atoms. The quantitative estimate of drug-likeness (QED) is 0.222. The number of carbonyl (C=O) groups excluding carboxylic acids is 1. The van der Waals surface area contributed by atoms with Crippen LogP contribution in [0.1, 0.15) is 22.3 Å². The second kappa shape index (κ2) is 12.8. The topological polar surface area (TPSA) is 129 Å². The SMILES string of the molecule is Cl.O=C(NCCN1CCN(c2nc3ccc([N+](=O)[O-])cc3s2)CC1)c1ccc(S(=O)(=O)N2CCCc3ccccc32)cc1. The van der Waals surface area contributed by atoms with Crippen LogP contribution in [0.4, 0.5) is 16.5 Å². The number of aromatic nitrogens is 1. The third-order valence-corrected chi connectivity index (χ3v) is 10.6. The molecule has 2 aliphatic rings. The highest BCUT2D eigenvalue weighted by Gasteiger charge is 2.29. The molecule has 0 radical (unpaired) electrons. The molecule has 0 spiro atoms. The molecule has 2 aliphatic heterocycles. The maximum atomic E-state index is 13.4. The normalized spacial score (nSPS) is 15.5. The number of nitrogens with one attached hydrogen (secondary N) is 1. The lowest BCUT2D eigenvalue weighted by molar-refractivity contribution is -0.384. The first-order chi connectivity index (χ1) is 20.3. The Morgan fingerprint density at radius 3 is 2.49 bits per heavy atom. The van der Waals surface area contributed by atoms with E-state index in [4.69, 9.17) is 0 Å². The lowest BCUT2D eigenvalue weighted by Gasteiger charge is -2.34. The molecule has 4 aromatic rings. The molecule has 0 bridgehead atoms. The van der Waals surface area contributed by atoms with Gasteiger partial charge in [0.05, 0.1) is 25.7 Å². The monoisotopic (exact) mass is 642 g/mol. The zero-order chi connectivity index (χ0) is 29.3. The van der Waals surface area contributed by atoms with Crippen LogP contribution in [0.2, 0.25) is 0 Å². The van der Waals surface area contributed by atoms with E-state index in [1.165, 1.54) is 33.8 Å². The Bertz CT molecular complexity index is 1740. The number of nitro groups is 1. The van der Waals surface area contributed by atoms with Crippen LogP contribution in [0.5, 0.6) is 0 Å². The maximum absolute atomic E-state index is 13.4. The molecule has 0 atom stereocenters. The van der Waals surface area contributed by atoms with Crippen LogP contribution < -0.4 is 14.5 Å². The fourth-order valence-electron chi connectivity index (χ4n) is 5.40. The van der Waals surface area contributed by atoms with Crippen molar-refractivity contribution in [2.75, 3.05) is 55.0 Å². The van der Waals surface area contributed by atoms with E-state index in [-0.39, 0.29) is 28.9 Å². The van der Waals surface area contributed by atoms with Gasteiger partial charge in [0.15, 0.2) is 5.13 Å². The molecule has 3 heterocycles. The summed E-state index contributed by atoms with van der Waals surface area (Å²) in [5, 5.41) is 14.9. The number of benzene rings is 3. The number of fused-ring (bicyclic) bond motifs is 2. The first-order valence-electron chi connectivity index (χ1n) is 13.8. The number of anilines is 2. The molecule has 1 fully saturated rings. The van der Waals surface area contributed by atoms with Crippen molar-refractivity contribution in [3.05, 3.63) is 88.0 Å². The summed E-state index contributed by atoms with van der Waals surface area (Å²) < 4.78 is 29.0. The zero-order valence-corrected chi connectivity index (χ0v) is 25.7. The third-order valence-electron chi connectivity index (χ3n) is 7.70. The van der Waals surface area contributed by atoms with Gasteiger partial charge in [-0.2, -0.15) is 0 Å². The van der Waals surface area contributed by atoms with Crippen molar-refractivity contribution in [2.24, 2.45) is 0 Å². The van der Waals surface area contributed by atoms with Crippen molar-refractivity contribution >= 4 is 66.4 Å². The minimum atomic E-state index is -3.73. The summed E-state index contributed by atoms with van der Waals surface area (Å²) in [5.74, 6) is -0.246. The number of thiazole rings is 1. The molecule has 1 N–H and O–H groups in total. The van der Waals surface area contributed by atoms with Crippen LogP contribution in [0.25, 0.3) is 10.2 Å². The zero-order valence-electron chi connectivity index (χ0n) is 23.2. The Labute approximate surface area is 259 Å². The summed E-state index contributed by atoms with van der Waals surface area (Å²) in [4.78, 5) is 32.7. The summed E-state index contributed by atoms with van der Waals surface area (Å²) in [7, 11) is -3.73. The van der Waals surface area contributed by atoms with Gasteiger partial charge in [0.1, 0.15) is 0 Å². The lowest BCUT2D eigenvalue weighted by Crippen LogP contribution is -2.48. The number of nitro benzene ring substituents is 1. The first kappa shape index (κ1) is 30.7. The Kier molecular flexibility index (Phi) is 9.16. The third kappa shape index (κ3) is 6.44. The molecule has 1 amide bonds. The first-order valence-corrected chi connectivity index (χ1v) is 16.1. The van der Waals surface area contributed by atoms with E-state index in [0.717, 1.165) is 65.6 Å². The average Bonchev–Trinajstić information content (AvgIpc) is 3.45. The largest absolute Gasteiger partial charge is 0.351 e. The lowest BCUT2D eigenvalue weighted by atomic mass is 10.0. The van der Waals surface area contributed by atoms with Crippen molar-refractivity contribution in [3.8, 4) is 0 Å². The van der Waals surface area contributed by atoms with Gasteiger partial charge in [0.25, 0.3) is 21.6 Å². The van der Waals surface area contributed by atoms with Gasteiger partial charge in [-0.15, -0.1) is 12.4 Å². The fraction of sp³-hybridized carbons (Fsp3) is 0.310. The van der Waals surface area contributed by atoms with Crippen LogP contribution in [0.3, 0.4) is 0 Å². The molecule has 1 aromatic heterocycles.